The van der Waals surface area contributed by atoms with Gasteiger partial charge in [0.05, 0.1) is 5.69 Å². The van der Waals surface area contributed by atoms with Crippen LogP contribution in [0.15, 0.2) is 23.5 Å². The molecule has 0 atom stereocenters. The molecular weight excluding hydrogens is 300 g/mol. The number of ketones is 1. The molecule has 1 aliphatic heterocycles. The van der Waals surface area contributed by atoms with Crippen LogP contribution in [0, 0.1) is 6.92 Å². The van der Waals surface area contributed by atoms with Crippen LogP contribution in [0.2, 0.25) is 0 Å². The van der Waals surface area contributed by atoms with Crippen molar-refractivity contribution in [3.05, 3.63) is 34.9 Å². The molecule has 122 valence electrons. The fourth-order valence-electron chi connectivity index (χ4n) is 3.73. The van der Waals surface area contributed by atoms with Crippen LogP contribution in [-0.2, 0) is 15.1 Å². The Morgan fingerprint density at radius 3 is 2.57 bits per heavy atom. The predicted octanol–water partition coefficient (Wildman–Crippen LogP) is 1.28. The highest BCUT2D eigenvalue weighted by molar-refractivity contribution is 6.26. The first-order valence-corrected chi connectivity index (χ1v) is 7.56. The number of aliphatic carboxylic acids is 1. The molecule has 2 aliphatic rings. The highest BCUT2D eigenvalue weighted by atomic mass is 16.4. The summed E-state index contributed by atoms with van der Waals surface area (Å²) in [6.45, 7) is 1.26. The summed E-state index contributed by atoms with van der Waals surface area (Å²) >= 11 is 0. The van der Waals surface area contributed by atoms with Gasteiger partial charge in [-0.05, 0) is 31.9 Å². The number of aromatic nitrogens is 1. The van der Waals surface area contributed by atoms with Crippen molar-refractivity contribution >= 4 is 17.7 Å². The molecule has 0 aromatic carbocycles. The van der Waals surface area contributed by atoms with Crippen molar-refractivity contribution in [3.63, 3.8) is 0 Å². The molecule has 0 radical (unpaired) electrons. The van der Waals surface area contributed by atoms with Gasteiger partial charge in [-0.3, -0.25) is 14.4 Å². The predicted molar refractivity (Wildman–Crippen MR) is 80.2 cm³/mol. The standard InChI is InChI=1S/C16H18N2O5/c1-9-4-5-10-13(21)12(15(23)17-8-11(19)20)14(22)16(18(9)10)6-2-3-7-16/h4-5,22H,2-3,6-8H2,1H3,(H,17,23)(H,19,20). The minimum Gasteiger partial charge on any atom is -0.509 e. The third-order valence-electron chi connectivity index (χ3n) is 4.70. The number of nitrogens with one attached hydrogen (secondary N) is 1. The monoisotopic (exact) mass is 318 g/mol. The van der Waals surface area contributed by atoms with Gasteiger partial charge in [0.15, 0.2) is 0 Å². The molecule has 23 heavy (non-hydrogen) atoms. The molecule has 3 N–H and O–H groups in total. The number of allylic oxidation sites excluding steroid dienone is 1. The zero-order valence-corrected chi connectivity index (χ0v) is 12.8. The van der Waals surface area contributed by atoms with Crippen molar-refractivity contribution < 1.29 is 24.6 Å². The summed E-state index contributed by atoms with van der Waals surface area (Å²) in [5.41, 5.74) is 0.112. The smallest absolute Gasteiger partial charge is 0.322 e. The van der Waals surface area contributed by atoms with E-state index in [2.05, 4.69) is 5.32 Å². The van der Waals surface area contributed by atoms with Gasteiger partial charge in [0, 0.05) is 5.69 Å². The summed E-state index contributed by atoms with van der Waals surface area (Å²) in [5, 5.41) is 21.6. The first-order chi connectivity index (χ1) is 10.9. The van der Waals surface area contributed by atoms with Crippen LogP contribution in [0.25, 0.3) is 0 Å². The Balaban J connectivity index is 2.11. The number of amides is 1. The molecule has 1 spiro atoms. The summed E-state index contributed by atoms with van der Waals surface area (Å²) in [6.07, 6.45) is 3.06. The lowest BCUT2D eigenvalue weighted by Crippen LogP contribution is -2.45. The van der Waals surface area contributed by atoms with E-state index in [-0.39, 0.29) is 11.3 Å². The third-order valence-corrected chi connectivity index (χ3v) is 4.70. The van der Waals surface area contributed by atoms with Crippen LogP contribution in [-0.4, -0.2) is 39.0 Å². The van der Waals surface area contributed by atoms with Crippen molar-refractivity contribution in [2.24, 2.45) is 0 Å². The van der Waals surface area contributed by atoms with Crippen LogP contribution in [0.1, 0.15) is 41.9 Å². The van der Waals surface area contributed by atoms with Crippen LogP contribution in [0.5, 0.6) is 0 Å². The zero-order chi connectivity index (χ0) is 16.8. The van der Waals surface area contributed by atoms with Gasteiger partial charge in [0.2, 0.25) is 5.78 Å². The maximum absolute atomic E-state index is 12.6. The van der Waals surface area contributed by atoms with E-state index < -0.39 is 29.7 Å². The molecular formula is C16H18N2O5. The second-order valence-corrected chi connectivity index (χ2v) is 6.06. The second kappa shape index (κ2) is 5.26. The number of carboxylic acids is 1. The highest BCUT2D eigenvalue weighted by Gasteiger charge is 2.49. The van der Waals surface area contributed by atoms with Gasteiger partial charge in [-0.2, -0.15) is 0 Å². The lowest BCUT2D eigenvalue weighted by atomic mass is 9.85. The Bertz CT molecular complexity index is 738. The van der Waals surface area contributed by atoms with E-state index in [9.17, 15) is 19.5 Å². The van der Waals surface area contributed by atoms with Crippen molar-refractivity contribution in [1.29, 1.82) is 0 Å². The van der Waals surface area contributed by atoms with Crippen LogP contribution >= 0.6 is 0 Å². The number of carboxylic acid groups (broad SMARTS) is 1. The lowest BCUT2D eigenvalue weighted by Gasteiger charge is -2.37. The fourth-order valence-corrected chi connectivity index (χ4v) is 3.73. The van der Waals surface area contributed by atoms with Gasteiger partial charge in [-0.1, -0.05) is 12.8 Å². The molecule has 1 saturated carbocycles. The summed E-state index contributed by atoms with van der Waals surface area (Å²) in [4.78, 5) is 35.5. The fraction of sp³-hybridized carbons (Fsp3) is 0.438. The third kappa shape index (κ3) is 2.15. The van der Waals surface area contributed by atoms with Gasteiger partial charge >= 0.3 is 5.97 Å². The minimum atomic E-state index is -1.21. The Labute approximate surface area is 132 Å². The Hall–Kier alpha value is -2.57. The Kier molecular flexibility index (Phi) is 3.50. The molecule has 7 heteroatoms. The molecule has 1 aromatic rings. The maximum Gasteiger partial charge on any atom is 0.322 e. The number of nitrogens with zero attached hydrogens (tertiary/aromatic N) is 1. The van der Waals surface area contributed by atoms with E-state index in [1.807, 2.05) is 11.5 Å². The maximum atomic E-state index is 12.6. The van der Waals surface area contributed by atoms with Crippen molar-refractivity contribution in [2.75, 3.05) is 6.54 Å². The number of Topliss-reactive ketones (excluding diaryl/α,β-unsaturated/α-hetero) is 1. The van der Waals surface area contributed by atoms with Gasteiger partial charge in [0.25, 0.3) is 5.91 Å². The van der Waals surface area contributed by atoms with Gasteiger partial charge in [0.1, 0.15) is 23.4 Å². The van der Waals surface area contributed by atoms with Crippen LogP contribution < -0.4 is 5.32 Å². The average Bonchev–Trinajstić information content (AvgIpc) is 3.11. The quantitative estimate of drug-likeness (QED) is 0.727. The van der Waals surface area contributed by atoms with E-state index in [0.717, 1.165) is 18.5 Å². The number of aryl methyl sites for hydroxylation is 1. The van der Waals surface area contributed by atoms with Crippen molar-refractivity contribution in [1.82, 2.24) is 9.88 Å². The molecule has 0 bridgehead atoms. The van der Waals surface area contributed by atoms with Gasteiger partial charge in [-0.15, -0.1) is 0 Å². The number of carbonyl (C=O) groups excluding carboxylic acids is 2. The molecule has 2 heterocycles. The summed E-state index contributed by atoms with van der Waals surface area (Å²) < 4.78 is 1.83. The summed E-state index contributed by atoms with van der Waals surface area (Å²) in [6, 6.07) is 3.44. The highest BCUT2D eigenvalue weighted by Crippen LogP contribution is 2.47. The Morgan fingerprint density at radius 2 is 1.96 bits per heavy atom. The van der Waals surface area contributed by atoms with Crippen LogP contribution in [0.4, 0.5) is 0 Å². The van der Waals surface area contributed by atoms with Crippen molar-refractivity contribution in [3.8, 4) is 0 Å². The van der Waals surface area contributed by atoms with Crippen molar-refractivity contribution in [2.45, 2.75) is 38.1 Å². The first kappa shape index (κ1) is 15.3. The molecule has 1 aromatic heterocycles. The normalized spacial score (nSPS) is 19.1. The number of fused-ring (bicyclic) bond motifs is 2. The largest absolute Gasteiger partial charge is 0.509 e. The molecule has 3 rings (SSSR count). The van der Waals surface area contributed by atoms with Crippen LogP contribution in [0.3, 0.4) is 0 Å². The number of rotatable bonds is 3. The van der Waals surface area contributed by atoms with E-state index >= 15 is 0 Å². The molecule has 1 aliphatic carbocycles. The first-order valence-electron chi connectivity index (χ1n) is 7.56. The number of aliphatic hydroxyl groups is 1. The van der Waals surface area contributed by atoms with E-state index in [0.29, 0.717) is 18.5 Å². The second-order valence-electron chi connectivity index (χ2n) is 6.06. The lowest BCUT2D eigenvalue weighted by molar-refractivity contribution is -0.137. The number of hydrogen-bond acceptors (Lipinski definition) is 4. The number of carbonyl (C=O) groups is 3. The molecule has 7 nitrogen and oxygen atoms in total. The van der Waals surface area contributed by atoms with Gasteiger partial charge < -0.3 is 20.1 Å². The molecule has 1 fully saturated rings. The van der Waals surface area contributed by atoms with Gasteiger partial charge in [-0.25, -0.2) is 0 Å². The van der Waals surface area contributed by atoms with E-state index in [1.54, 1.807) is 12.1 Å². The molecule has 0 unspecified atom stereocenters. The average molecular weight is 318 g/mol. The number of hydrogen-bond donors (Lipinski definition) is 3. The summed E-state index contributed by atoms with van der Waals surface area (Å²) in [5.74, 6) is -2.87. The summed E-state index contributed by atoms with van der Waals surface area (Å²) in [7, 11) is 0. The molecule has 1 amide bonds. The SMILES string of the molecule is Cc1ccc2n1C1(CCCC1)C(O)=C(C(=O)NCC(=O)O)C2=O. The Morgan fingerprint density at radius 1 is 1.30 bits per heavy atom. The molecule has 0 saturated heterocycles. The minimum absolute atomic E-state index is 0.241. The number of aliphatic hydroxyl groups excluding tert-OH is 1. The topological polar surface area (TPSA) is 109 Å². The van der Waals surface area contributed by atoms with E-state index in [4.69, 9.17) is 5.11 Å². The zero-order valence-electron chi connectivity index (χ0n) is 12.8. The van der Waals surface area contributed by atoms with E-state index in [1.165, 1.54) is 0 Å².